The van der Waals surface area contributed by atoms with Crippen LogP contribution in [0.25, 0.3) is 111 Å². The van der Waals surface area contributed by atoms with Crippen molar-refractivity contribution in [2.75, 3.05) is 5.75 Å². The summed E-state index contributed by atoms with van der Waals surface area (Å²) in [6.45, 7) is 4.00. The number of fused-ring (bicyclic) bond motifs is 10. The van der Waals surface area contributed by atoms with E-state index in [2.05, 4.69) is 205 Å². The Morgan fingerprint density at radius 1 is 0.507 bits per heavy atom. The van der Waals surface area contributed by atoms with Gasteiger partial charge in [-0.25, -0.2) is 4.98 Å². The molecule has 3 aromatic heterocycles. The minimum atomic E-state index is 0.109. The van der Waals surface area contributed by atoms with Crippen LogP contribution in [-0.2, 0) is 5.41 Å². The Kier molecular flexibility index (Phi) is 10.6. The Labute approximate surface area is 417 Å². The lowest BCUT2D eigenvalue weighted by molar-refractivity contribution is 0.614. The maximum atomic E-state index is 6.40. The lowest BCUT2D eigenvalue weighted by Crippen LogP contribution is -2.23. The van der Waals surface area contributed by atoms with Gasteiger partial charge in [0, 0.05) is 59.7 Å². The van der Waals surface area contributed by atoms with Gasteiger partial charge in [0.15, 0.2) is 11.6 Å². The zero-order valence-corrected chi connectivity index (χ0v) is 40.3. The quantitative estimate of drug-likeness (QED) is 0.166. The third kappa shape index (κ3) is 7.28. The van der Waals surface area contributed by atoms with Gasteiger partial charge in [-0.3, -0.25) is 4.57 Å². The summed E-state index contributed by atoms with van der Waals surface area (Å²) < 4.78 is 8.70. The normalized spacial score (nSPS) is 16.0. The molecule has 11 aromatic rings. The molecule has 0 bridgehead atoms. The summed E-state index contributed by atoms with van der Waals surface area (Å²) in [6, 6.07) is 59.3. The smallest absolute Gasteiger partial charge is 0.238 e. The Balaban J connectivity index is 0.00000243. The molecule has 0 saturated heterocycles. The molecule has 340 valence electrons. The average Bonchev–Trinajstić information content (AvgIpc) is 4.01. The van der Waals surface area contributed by atoms with Crippen molar-refractivity contribution in [1.82, 2.24) is 19.5 Å². The number of para-hydroxylation sites is 2. The molecular weight excluding hydrogens is 885 g/mol. The zero-order chi connectivity index (χ0) is 47.5. The number of aromatic nitrogens is 4. The van der Waals surface area contributed by atoms with Crippen LogP contribution in [0.15, 0.2) is 228 Å². The van der Waals surface area contributed by atoms with Crippen LogP contribution in [0.5, 0.6) is 0 Å². The predicted molar refractivity (Wildman–Crippen MR) is 298 cm³/mol. The van der Waals surface area contributed by atoms with Crippen molar-refractivity contribution in [1.29, 1.82) is 0 Å². The fourth-order valence-corrected chi connectivity index (χ4v) is 12.3. The van der Waals surface area contributed by atoms with Gasteiger partial charge in [0.2, 0.25) is 5.95 Å². The maximum absolute atomic E-state index is 6.40. The van der Waals surface area contributed by atoms with Crippen LogP contribution in [0.2, 0.25) is 0 Å². The first kappa shape index (κ1) is 42.8. The first-order valence-corrected chi connectivity index (χ1v) is 25.6. The van der Waals surface area contributed by atoms with Crippen LogP contribution in [-0.4, -0.2) is 25.3 Å². The number of benzene rings is 8. The molecule has 1 aliphatic heterocycles. The van der Waals surface area contributed by atoms with Gasteiger partial charge in [0.1, 0.15) is 11.2 Å². The van der Waals surface area contributed by atoms with Gasteiger partial charge in [0.25, 0.3) is 0 Å². The molecule has 8 aromatic carbocycles. The summed E-state index contributed by atoms with van der Waals surface area (Å²) in [5.41, 5.74) is 14.1. The van der Waals surface area contributed by atoms with Gasteiger partial charge in [0.05, 0.1) is 11.0 Å². The molecule has 3 aliphatic rings. The second kappa shape index (κ2) is 17.6. The van der Waals surface area contributed by atoms with E-state index in [4.69, 9.17) is 19.4 Å². The highest BCUT2D eigenvalue weighted by Gasteiger charge is 2.37. The molecule has 0 amide bonds. The average molecular weight is 933 g/mol. The van der Waals surface area contributed by atoms with Crippen molar-refractivity contribution in [3.05, 3.63) is 230 Å². The van der Waals surface area contributed by atoms with E-state index in [1.54, 1.807) is 0 Å². The zero-order valence-electron chi connectivity index (χ0n) is 39.5. The van der Waals surface area contributed by atoms with Crippen LogP contribution < -0.4 is 0 Å². The van der Waals surface area contributed by atoms with E-state index >= 15 is 0 Å². The molecule has 4 heterocycles. The number of hydrogen-bond donors (Lipinski definition) is 0. The molecule has 14 rings (SSSR count). The van der Waals surface area contributed by atoms with E-state index in [1.807, 2.05) is 43.8 Å². The van der Waals surface area contributed by atoms with E-state index in [0.717, 1.165) is 94.5 Å². The summed E-state index contributed by atoms with van der Waals surface area (Å²) in [7, 11) is 0. The molecule has 2 aliphatic carbocycles. The van der Waals surface area contributed by atoms with Gasteiger partial charge in [-0.1, -0.05) is 196 Å². The van der Waals surface area contributed by atoms with Crippen molar-refractivity contribution < 1.29 is 4.42 Å². The van der Waals surface area contributed by atoms with E-state index in [0.29, 0.717) is 24.0 Å². The molecular formula is C65H48N4OS. The molecule has 0 fully saturated rings. The highest BCUT2D eigenvalue weighted by Crippen LogP contribution is 2.49. The van der Waals surface area contributed by atoms with Crippen molar-refractivity contribution >= 4 is 71.9 Å². The van der Waals surface area contributed by atoms with Crippen LogP contribution in [0, 0.1) is 0 Å². The number of rotatable bonds is 6. The van der Waals surface area contributed by atoms with E-state index in [9.17, 15) is 0 Å². The first-order valence-electron chi connectivity index (χ1n) is 24.6. The van der Waals surface area contributed by atoms with Gasteiger partial charge in [-0.05, 0) is 88.0 Å². The summed E-state index contributed by atoms with van der Waals surface area (Å²) >= 11 is 1.98. The second-order valence-corrected chi connectivity index (χ2v) is 19.3. The largest absolute Gasteiger partial charge is 0.456 e. The Morgan fingerprint density at radius 2 is 1.20 bits per heavy atom. The molecule has 71 heavy (non-hydrogen) atoms. The fourth-order valence-electron chi connectivity index (χ4n) is 10.8. The minimum absolute atomic E-state index is 0.109. The third-order valence-electron chi connectivity index (χ3n) is 14.3. The molecule has 0 saturated carbocycles. The second-order valence-electron chi connectivity index (χ2n) is 18.3. The van der Waals surface area contributed by atoms with Crippen molar-refractivity contribution in [3.8, 4) is 50.7 Å². The van der Waals surface area contributed by atoms with Crippen LogP contribution >= 0.6 is 11.8 Å². The molecule has 5 nitrogen and oxygen atoms in total. The number of allylic oxidation sites excluding steroid dienone is 10. The minimum Gasteiger partial charge on any atom is -0.456 e. The fraction of sp³-hybridized carbons (Fsp3) is 0.0923. The van der Waals surface area contributed by atoms with Crippen LogP contribution in [0.4, 0.5) is 0 Å². The van der Waals surface area contributed by atoms with Crippen LogP contribution in [0.1, 0.15) is 38.1 Å². The molecule has 1 unspecified atom stereocenters. The number of hydrogen-bond acceptors (Lipinski definition) is 5. The van der Waals surface area contributed by atoms with Crippen molar-refractivity contribution in [3.63, 3.8) is 0 Å². The molecule has 1 spiro atoms. The van der Waals surface area contributed by atoms with E-state index in [1.165, 1.54) is 27.1 Å². The standard InChI is InChI=1S/C63H42N4OS.C2H6/c1-2-5-17-41(16-4-1)60-64-61(47-28-30-51-50-23-8-9-26-55(50)68-56(51)37-47)66-62(65-60)67-58-48-22-7-6-15-40(48)27-31-53(58)52-25-14-24-49(59(52)67)46-21-13-20-44(36-46)42-18-12-19-43(35-42)45-29-32-54-57(38-45)69-39-63(54)33-10-3-11-34-63;1-2/h1-16,18-33,35-38H,17,34,39H2;1-2H3. The van der Waals surface area contributed by atoms with Gasteiger partial charge >= 0.3 is 0 Å². The Morgan fingerprint density at radius 3 is 2.06 bits per heavy atom. The first-order chi connectivity index (χ1) is 35.1. The van der Waals surface area contributed by atoms with Gasteiger partial charge in [-0.15, -0.1) is 11.8 Å². The third-order valence-corrected chi connectivity index (χ3v) is 15.6. The van der Waals surface area contributed by atoms with Crippen LogP contribution in [0.3, 0.4) is 0 Å². The summed E-state index contributed by atoms with van der Waals surface area (Å²) in [6.07, 6.45) is 21.3. The Hall–Kier alpha value is -8.32. The number of furan rings is 1. The summed E-state index contributed by atoms with van der Waals surface area (Å²) in [5, 5.41) is 6.68. The van der Waals surface area contributed by atoms with E-state index in [-0.39, 0.29) is 5.41 Å². The van der Waals surface area contributed by atoms with Crippen molar-refractivity contribution in [2.45, 2.75) is 37.0 Å². The van der Waals surface area contributed by atoms with Crippen molar-refractivity contribution in [2.24, 2.45) is 0 Å². The predicted octanol–water partition coefficient (Wildman–Crippen LogP) is 17.5. The molecule has 6 heteroatoms. The topological polar surface area (TPSA) is 56.7 Å². The molecule has 0 radical (unpaired) electrons. The summed E-state index contributed by atoms with van der Waals surface area (Å²) in [4.78, 5) is 17.5. The maximum Gasteiger partial charge on any atom is 0.238 e. The highest BCUT2D eigenvalue weighted by atomic mass is 32.2. The lowest BCUT2D eigenvalue weighted by Gasteiger charge is -2.26. The Bertz CT molecular complexity index is 4110. The number of nitrogens with zero attached hydrogens (tertiary/aromatic N) is 4. The molecule has 0 N–H and O–H groups in total. The van der Waals surface area contributed by atoms with Gasteiger partial charge < -0.3 is 4.42 Å². The van der Waals surface area contributed by atoms with E-state index < -0.39 is 0 Å². The molecule has 1 atom stereocenters. The monoisotopic (exact) mass is 932 g/mol. The highest BCUT2D eigenvalue weighted by molar-refractivity contribution is 7.99. The summed E-state index contributed by atoms with van der Waals surface area (Å²) in [5.74, 6) is 2.86. The SMILES string of the molecule is C1=CC=C(c2nc(-c3ccc4c(c3)oc3ccccc34)nc(-n3c4c(-c5cccc(-c6cccc(-c7ccc8c(c7)SCC87C=CC=CC7)c6)c5)cccc4c4ccc5ccccc5c43)n2)CC=C1.CC. The van der Waals surface area contributed by atoms with Gasteiger partial charge in [-0.2, -0.15) is 9.97 Å². The number of thioether (sulfide) groups is 1. The lowest BCUT2D eigenvalue weighted by atomic mass is 9.77.